The minimum Gasteiger partial charge on any atom is -0.543 e. The van der Waals surface area contributed by atoms with E-state index in [1.54, 1.807) is 0 Å². The summed E-state index contributed by atoms with van der Waals surface area (Å²) in [5.41, 5.74) is 1.49. The van der Waals surface area contributed by atoms with Crippen LogP contribution in [-0.4, -0.2) is 44.3 Å². The molecule has 1 saturated heterocycles. The number of hydrogen-bond donors (Lipinski definition) is 0. The molecule has 0 amide bonds. The fraction of sp³-hybridized carbons (Fsp3) is 0.477. The zero-order valence-corrected chi connectivity index (χ0v) is 36.3. The number of ether oxygens (including phenoxy) is 1. The Bertz CT molecular complexity index is 1730. The van der Waals surface area contributed by atoms with Gasteiger partial charge in [0.15, 0.2) is 0 Å². The van der Waals surface area contributed by atoms with Crippen LogP contribution in [-0.2, 0) is 11.2 Å². The van der Waals surface area contributed by atoms with Crippen LogP contribution in [0.1, 0.15) is 83.7 Å². The Labute approximate surface area is 323 Å². The molecule has 2 heterocycles. The van der Waals surface area contributed by atoms with Crippen LogP contribution in [0.15, 0.2) is 97.1 Å². The topological polar surface area (TPSA) is 44.8 Å². The third-order valence-electron chi connectivity index (χ3n) is 11.4. The van der Waals surface area contributed by atoms with Gasteiger partial charge in [-0.15, -0.1) is 23.5 Å². The van der Waals surface area contributed by atoms with Gasteiger partial charge in [0.1, 0.15) is 17.1 Å². The average Bonchev–Trinajstić information content (AvgIpc) is 3.82. The summed E-state index contributed by atoms with van der Waals surface area (Å²) in [5, 5.41) is 2.09. The highest BCUT2D eigenvalue weighted by molar-refractivity contribution is 8.19. The summed E-state index contributed by atoms with van der Waals surface area (Å²) >= 11 is 3.98. The lowest BCUT2D eigenvalue weighted by atomic mass is 10.00. The van der Waals surface area contributed by atoms with Crippen molar-refractivity contribution < 1.29 is 18.4 Å². The minimum atomic E-state index is -2.99. The van der Waals surface area contributed by atoms with E-state index in [4.69, 9.17) is 13.6 Å². The first kappa shape index (κ1) is 39.0. The number of rotatable bonds is 6. The van der Waals surface area contributed by atoms with Gasteiger partial charge in [-0.1, -0.05) is 127 Å². The molecule has 6 rings (SSSR count). The van der Waals surface area contributed by atoms with Gasteiger partial charge >= 0.3 is 14.3 Å². The van der Waals surface area contributed by atoms with E-state index in [0.29, 0.717) is 29.6 Å². The summed E-state index contributed by atoms with van der Waals surface area (Å²) < 4.78 is 21.1. The van der Waals surface area contributed by atoms with E-state index in [1.165, 1.54) is 16.8 Å². The van der Waals surface area contributed by atoms with Gasteiger partial charge in [-0.25, -0.2) is 4.79 Å². The fourth-order valence-corrected chi connectivity index (χ4v) is 16.0. The molecule has 4 nitrogen and oxygen atoms in total. The first-order valence-electron chi connectivity index (χ1n) is 19.0. The van der Waals surface area contributed by atoms with Crippen LogP contribution in [0.4, 0.5) is 0 Å². The number of allylic oxidation sites excluding steroid dienone is 3. The smallest absolute Gasteiger partial charge is 0.342 e. The number of carbonyl (C=O) groups excluding carboxylic acids is 1. The molecule has 2 aliphatic heterocycles. The van der Waals surface area contributed by atoms with E-state index in [2.05, 4.69) is 146 Å². The molecule has 0 aromatic heterocycles. The van der Waals surface area contributed by atoms with E-state index >= 15 is 0 Å². The van der Waals surface area contributed by atoms with E-state index < -0.39 is 16.6 Å². The Morgan fingerprint density at radius 2 is 1.42 bits per heavy atom. The van der Waals surface area contributed by atoms with Crippen molar-refractivity contribution in [1.29, 1.82) is 0 Å². The predicted octanol–water partition coefficient (Wildman–Crippen LogP) is 10.8. The second kappa shape index (κ2) is 15.2. The summed E-state index contributed by atoms with van der Waals surface area (Å²) in [7, 11) is -5.41. The van der Waals surface area contributed by atoms with Crippen LogP contribution >= 0.6 is 23.5 Å². The molecule has 2 fully saturated rings. The summed E-state index contributed by atoms with van der Waals surface area (Å²) in [6, 6.07) is 25.7. The van der Waals surface area contributed by atoms with Gasteiger partial charge < -0.3 is 13.6 Å². The van der Waals surface area contributed by atoms with Crippen molar-refractivity contribution in [3.63, 3.8) is 0 Å². The monoisotopic (exact) mass is 770 g/mol. The van der Waals surface area contributed by atoms with Crippen LogP contribution in [0.25, 0.3) is 0 Å². The van der Waals surface area contributed by atoms with Crippen molar-refractivity contribution in [2.75, 3.05) is 11.5 Å². The number of carbonyl (C=O) groups is 1. The number of fused-ring (bicyclic) bond motifs is 2. The Morgan fingerprint density at radius 1 is 0.808 bits per heavy atom. The van der Waals surface area contributed by atoms with Crippen LogP contribution in [0.5, 0.6) is 11.5 Å². The SMILES string of the molecule is C[C@@H]1C[C@H]2C[C@@H]2/C=C\C=C\C2(Cc3cc(O[Si](c4ccccc4)(c4ccccc4)C(C)(C)C)cc(O[Si](C)(C)C(C)(C)C)c3C(=O)O1)SCCCS2. The summed E-state index contributed by atoms with van der Waals surface area (Å²) in [5.74, 6) is 4.31. The molecule has 1 spiro atoms. The highest BCUT2D eigenvalue weighted by atomic mass is 32.2. The maximum Gasteiger partial charge on any atom is 0.342 e. The van der Waals surface area contributed by atoms with Crippen LogP contribution < -0.4 is 19.2 Å². The van der Waals surface area contributed by atoms with Crippen molar-refractivity contribution in [2.45, 2.75) is 108 Å². The molecule has 3 atom stereocenters. The molecule has 0 N–H and O–H groups in total. The molecule has 8 heteroatoms. The van der Waals surface area contributed by atoms with E-state index in [9.17, 15) is 4.79 Å². The normalized spacial score (nSPS) is 23.7. The fourth-order valence-electron chi connectivity index (χ4n) is 7.43. The zero-order valence-electron chi connectivity index (χ0n) is 32.7. The van der Waals surface area contributed by atoms with Gasteiger partial charge in [0.2, 0.25) is 0 Å². The summed E-state index contributed by atoms with van der Waals surface area (Å²) in [4.78, 5) is 14.7. The van der Waals surface area contributed by atoms with Gasteiger partial charge in [0.25, 0.3) is 8.32 Å². The van der Waals surface area contributed by atoms with Gasteiger partial charge in [-0.05, 0) is 94.7 Å². The van der Waals surface area contributed by atoms with Gasteiger partial charge in [0, 0.05) is 12.5 Å². The third kappa shape index (κ3) is 8.35. The van der Waals surface area contributed by atoms with Crippen LogP contribution in [0.3, 0.4) is 0 Å². The molecule has 3 aromatic carbocycles. The first-order valence-corrected chi connectivity index (χ1v) is 25.8. The second-order valence-electron chi connectivity index (χ2n) is 17.5. The van der Waals surface area contributed by atoms with Crippen LogP contribution in [0.2, 0.25) is 23.2 Å². The lowest BCUT2D eigenvalue weighted by Gasteiger charge is -2.43. The average molecular weight is 771 g/mol. The van der Waals surface area contributed by atoms with Crippen molar-refractivity contribution in [2.24, 2.45) is 11.8 Å². The third-order valence-corrected chi connectivity index (χ3v) is 23.9. The molecule has 0 unspecified atom stereocenters. The molecule has 0 bridgehead atoms. The number of esters is 1. The molecular weight excluding hydrogens is 713 g/mol. The second-order valence-corrected chi connectivity index (χ2v) is 29.5. The highest BCUT2D eigenvalue weighted by Gasteiger charge is 2.52. The first-order chi connectivity index (χ1) is 24.5. The standard InChI is InChI=1S/C44H58O4S2Si2/c1-32-27-34-28-33(34)19-16-17-24-44(49-25-18-26-50-44)31-35-29-36(30-39(40(35)41(45)46-32)48-51(8,9)42(2,3)4)47-52(43(5,6)7,37-20-12-10-13-21-37)38-22-14-11-15-23-38/h10-17,19-24,29-30,32-34H,18,25-28,31H2,1-9H3/b19-16-,24-17+/t32-,33+,34+/m1/s1. The number of thioether (sulfide) groups is 2. The van der Waals surface area contributed by atoms with E-state index in [0.717, 1.165) is 35.7 Å². The Hall–Kier alpha value is -2.66. The molecule has 52 heavy (non-hydrogen) atoms. The number of benzene rings is 3. The molecule has 278 valence electrons. The largest absolute Gasteiger partial charge is 0.543 e. The van der Waals surface area contributed by atoms with Crippen LogP contribution in [0, 0.1) is 11.8 Å². The van der Waals surface area contributed by atoms with Crippen molar-refractivity contribution >= 4 is 56.5 Å². The van der Waals surface area contributed by atoms with Crippen molar-refractivity contribution in [3.05, 3.63) is 108 Å². The van der Waals surface area contributed by atoms with Gasteiger partial charge in [-0.2, -0.15) is 0 Å². The Kier molecular flexibility index (Phi) is 11.4. The zero-order chi connectivity index (χ0) is 37.4. The highest BCUT2D eigenvalue weighted by Crippen LogP contribution is 2.50. The Morgan fingerprint density at radius 3 is 2.00 bits per heavy atom. The van der Waals surface area contributed by atoms with Crippen molar-refractivity contribution in [3.8, 4) is 11.5 Å². The quantitative estimate of drug-likeness (QED) is 0.184. The molecule has 1 saturated carbocycles. The number of cyclic esters (lactones) is 1. The van der Waals surface area contributed by atoms with Gasteiger partial charge in [0.05, 0.1) is 10.2 Å². The molecule has 3 aliphatic rings. The maximum atomic E-state index is 14.7. The lowest BCUT2D eigenvalue weighted by Crippen LogP contribution is -2.68. The molecule has 3 aromatic rings. The molecular formula is C44H58O4S2Si2. The summed E-state index contributed by atoms with van der Waals surface area (Å²) in [6.45, 7) is 20.2. The number of hydrogen-bond acceptors (Lipinski definition) is 6. The van der Waals surface area contributed by atoms with E-state index in [1.807, 2.05) is 36.5 Å². The van der Waals surface area contributed by atoms with E-state index in [-0.39, 0.29) is 26.2 Å². The maximum absolute atomic E-state index is 14.7. The van der Waals surface area contributed by atoms with Crippen molar-refractivity contribution in [1.82, 2.24) is 0 Å². The lowest BCUT2D eigenvalue weighted by molar-refractivity contribution is 0.0308. The molecule has 0 radical (unpaired) electrons. The Balaban J connectivity index is 1.59. The molecule has 1 aliphatic carbocycles. The minimum absolute atomic E-state index is 0.0835. The summed E-state index contributed by atoms with van der Waals surface area (Å²) in [6.07, 6.45) is 12.9. The predicted molar refractivity (Wildman–Crippen MR) is 228 cm³/mol. The van der Waals surface area contributed by atoms with Gasteiger partial charge in [-0.3, -0.25) is 0 Å².